The topological polar surface area (TPSA) is 70.4 Å². The maximum Gasteiger partial charge on any atom is 0.259 e. The summed E-state index contributed by atoms with van der Waals surface area (Å²) in [7, 11) is 0. The van der Waals surface area contributed by atoms with E-state index in [-0.39, 0.29) is 17.0 Å². The number of aromatic amines is 1. The van der Waals surface area contributed by atoms with Gasteiger partial charge in [0.2, 0.25) is 11.7 Å². The smallest absolute Gasteiger partial charge is 0.259 e. The Bertz CT molecular complexity index is 755. The van der Waals surface area contributed by atoms with Crippen LogP contribution in [0.15, 0.2) is 29.1 Å². The Hall–Kier alpha value is -2.30. The molecule has 0 atom stereocenters. The lowest BCUT2D eigenvalue weighted by Crippen LogP contribution is -2.12. The van der Waals surface area contributed by atoms with Gasteiger partial charge in [-0.15, -0.1) is 0 Å². The first-order valence-corrected chi connectivity index (χ1v) is 4.87. The fourth-order valence-corrected chi connectivity index (χ4v) is 1.79. The molecule has 80 valence electrons. The highest BCUT2D eigenvalue weighted by Crippen LogP contribution is 2.21. The van der Waals surface area contributed by atoms with Gasteiger partial charge in [-0.25, -0.2) is 9.38 Å². The molecule has 0 radical (unpaired) electrons. The predicted octanol–water partition coefficient (Wildman–Crippen LogP) is 1.19. The maximum absolute atomic E-state index is 11.5. The summed E-state index contributed by atoms with van der Waals surface area (Å²) in [4.78, 5) is 18.3. The van der Waals surface area contributed by atoms with Crippen molar-refractivity contribution in [1.29, 1.82) is 0 Å². The van der Waals surface area contributed by atoms with Crippen LogP contribution in [0.2, 0.25) is 0 Å². The van der Waals surface area contributed by atoms with Gasteiger partial charge in [0.05, 0.1) is 16.6 Å². The number of hydrogen-bond acceptors (Lipinski definition) is 3. The molecule has 0 bridgehead atoms. The highest BCUT2D eigenvalue weighted by molar-refractivity contribution is 5.80. The van der Waals surface area contributed by atoms with Crippen molar-refractivity contribution >= 4 is 16.8 Å². The minimum absolute atomic E-state index is 0.0625. The largest absolute Gasteiger partial charge is 0.494 e. The third-order valence-electron chi connectivity index (χ3n) is 2.67. The number of H-pyrrole nitrogens is 1. The lowest BCUT2D eigenvalue weighted by Gasteiger charge is -2.01. The van der Waals surface area contributed by atoms with Crippen LogP contribution in [0.25, 0.3) is 16.8 Å². The zero-order valence-electron chi connectivity index (χ0n) is 8.56. The van der Waals surface area contributed by atoms with Gasteiger partial charge in [0.25, 0.3) is 5.56 Å². The van der Waals surface area contributed by atoms with E-state index in [1.54, 1.807) is 6.92 Å². The zero-order chi connectivity index (χ0) is 11.3. The fourth-order valence-electron chi connectivity index (χ4n) is 1.79. The number of aromatic hydroxyl groups is 1. The first-order chi connectivity index (χ1) is 7.68. The van der Waals surface area contributed by atoms with Gasteiger partial charge in [-0.3, -0.25) is 9.78 Å². The molecule has 0 fully saturated rings. The highest BCUT2D eigenvalue weighted by atomic mass is 16.3. The van der Waals surface area contributed by atoms with E-state index in [4.69, 9.17) is 0 Å². The van der Waals surface area contributed by atoms with Crippen LogP contribution in [0.4, 0.5) is 0 Å². The van der Waals surface area contributed by atoms with Crippen molar-refractivity contribution in [3.05, 3.63) is 40.2 Å². The minimum Gasteiger partial charge on any atom is -0.494 e. The van der Waals surface area contributed by atoms with Gasteiger partial charge < -0.3 is 5.11 Å². The van der Waals surface area contributed by atoms with E-state index in [0.717, 1.165) is 11.0 Å². The number of nitrogens with zero attached hydrogens (tertiary/aromatic N) is 2. The first-order valence-electron chi connectivity index (χ1n) is 4.87. The van der Waals surface area contributed by atoms with Crippen LogP contribution < -0.4 is 5.56 Å². The number of nitrogens with one attached hydrogen (secondary N) is 1. The zero-order valence-corrected chi connectivity index (χ0v) is 8.56. The van der Waals surface area contributed by atoms with Crippen LogP contribution in [0.5, 0.6) is 5.88 Å². The summed E-state index contributed by atoms with van der Waals surface area (Å²) >= 11 is 0. The van der Waals surface area contributed by atoms with Crippen LogP contribution in [0.1, 0.15) is 5.56 Å². The third kappa shape index (κ3) is 0.995. The van der Waals surface area contributed by atoms with Crippen molar-refractivity contribution < 1.29 is 5.11 Å². The van der Waals surface area contributed by atoms with Crippen LogP contribution >= 0.6 is 0 Å². The minimum atomic E-state index is -0.319. The molecule has 0 aliphatic rings. The summed E-state index contributed by atoms with van der Waals surface area (Å²) < 4.78 is 1.53. The molecule has 0 spiro atoms. The SMILES string of the molecule is Cc1c(O)n2c(nc3ccccc32)[nH]c1=O. The molecule has 16 heavy (non-hydrogen) atoms. The van der Waals surface area contributed by atoms with Crippen molar-refractivity contribution in [3.8, 4) is 5.88 Å². The Labute approximate surface area is 90.0 Å². The fraction of sp³-hybridized carbons (Fsp3) is 0.0909. The van der Waals surface area contributed by atoms with E-state index in [1.165, 1.54) is 4.40 Å². The number of aromatic nitrogens is 3. The molecule has 2 heterocycles. The molecule has 0 saturated carbocycles. The van der Waals surface area contributed by atoms with Crippen LogP contribution in [-0.2, 0) is 0 Å². The van der Waals surface area contributed by atoms with Crippen molar-refractivity contribution in [2.24, 2.45) is 0 Å². The lowest BCUT2D eigenvalue weighted by atomic mass is 10.3. The molecule has 5 heteroatoms. The molecule has 0 amide bonds. The molecule has 3 rings (SSSR count). The molecule has 0 aliphatic heterocycles. The average Bonchev–Trinajstić information content (AvgIpc) is 2.64. The normalized spacial score (nSPS) is 11.3. The summed E-state index contributed by atoms with van der Waals surface area (Å²) in [6.07, 6.45) is 0. The summed E-state index contributed by atoms with van der Waals surface area (Å²) in [5, 5.41) is 9.93. The Morgan fingerprint density at radius 1 is 1.38 bits per heavy atom. The number of benzene rings is 1. The molecule has 1 aromatic carbocycles. The molecule has 2 aromatic heterocycles. The average molecular weight is 215 g/mol. The molecular formula is C11H9N3O2. The second kappa shape index (κ2) is 2.85. The second-order valence-electron chi connectivity index (χ2n) is 3.66. The Morgan fingerprint density at radius 2 is 2.12 bits per heavy atom. The van der Waals surface area contributed by atoms with E-state index < -0.39 is 0 Å². The molecular weight excluding hydrogens is 206 g/mol. The number of imidazole rings is 1. The van der Waals surface area contributed by atoms with Crippen molar-refractivity contribution in [3.63, 3.8) is 0 Å². The van der Waals surface area contributed by atoms with Gasteiger partial charge in [0.15, 0.2) is 0 Å². The third-order valence-corrected chi connectivity index (χ3v) is 2.67. The van der Waals surface area contributed by atoms with Crippen molar-refractivity contribution in [1.82, 2.24) is 14.4 Å². The molecule has 0 aliphatic carbocycles. The van der Waals surface area contributed by atoms with E-state index in [0.29, 0.717) is 5.78 Å². The number of hydrogen-bond donors (Lipinski definition) is 2. The van der Waals surface area contributed by atoms with Crippen molar-refractivity contribution in [2.75, 3.05) is 0 Å². The standard InChI is InChI=1S/C11H9N3O2/c1-6-9(15)13-11-12-7-4-2-3-5-8(7)14(11)10(6)16/h2-5,16H,1H3,(H,12,13,15). The first kappa shape index (κ1) is 8.96. The van der Waals surface area contributed by atoms with E-state index in [9.17, 15) is 9.90 Å². The molecule has 2 N–H and O–H groups in total. The van der Waals surface area contributed by atoms with Crippen molar-refractivity contribution in [2.45, 2.75) is 6.92 Å². The number of rotatable bonds is 0. The van der Waals surface area contributed by atoms with Gasteiger partial charge in [0, 0.05) is 0 Å². The summed E-state index contributed by atoms with van der Waals surface area (Å²) in [5.74, 6) is 0.293. The van der Waals surface area contributed by atoms with Crippen LogP contribution in [-0.4, -0.2) is 19.5 Å². The summed E-state index contributed by atoms with van der Waals surface area (Å²) in [6.45, 7) is 1.57. The molecule has 0 unspecified atom stereocenters. The monoisotopic (exact) mass is 215 g/mol. The molecule has 5 nitrogen and oxygen atoms in total. The van der Waals surface area contributed by atoms with Gasteiger partial charge in [-0.05, 0) is 19.1 Å². The number of para-hydroxylation sites is 2. The Balaban J connectivity index is 2.67. The maximum atomic E-state index is 11.5. The summed E-state index contributed by atoms with van der Waals surface area (Å²) in [6, 6.07) is 7.38. The highest BCUT2D eigenvalue weighted by Gasteiger charge is 2.11. The van der Waals surface area contributed by atoms with E-state index >= 15 is 0 Å². The van der Waals surface area contributed by atoms with Gasteiger partial charge in [0.1, 0.15) is 0 Å². The molecule has 0 saturated heterocycles. The van der Waals surface area contributed by atoms with Gasteiger partial charge in [-0.1, -0.05) is 12.1 Å². The van der Waals surface area contributed by atoms with Gasteiger partial charge >= 0.3 is 0 Å². The van der Waals surface area contributed by atoms with E-state index in [2.05, 4.69) is 9.97 Å². The number of fused-ring (bicyclic) bond motifs is 3. The Kier molecular flexibility index (Phi) is 1.60. The lowest BCUT2D eigenvalue weighted by molar-refractivity contribution is 0.441. The predicted molar refractivity (Wildman–Crippen MR) is 59.7 cm³/mol. The molecule has 3 aromatic rings. The second-order valence-corrected chi connectivity index (χ2v) is 3.66. The summed E-state index contributed by atoms with van der Waals surface area (Å²) in [5.41, 5.74) is 1.48. The van der Waals surface area contributed by atoms with Gasteiger partial charge in [-0.2, -0.15) is 0 Å². The van der Waals surface area contributed by atoms with E-state index in [1.807, 2.05) is 24.3 Å². The van der Waals surface area contributed by atoms with Crippen LogP contribution in [0.3, 0.4) is 0 Å². The van der Waals surface area contributed by atoms with Crippen LogP contribution in [0, 0.1) is 6.92 Å². The Morgan fingerprint density at radius 3 is 2.94 bits per heavy atom. The quantitative estimate of drug-likeness (QED) is 0.591.